The number of hydrogen-bond acceptors (Lipinski definition) is 3. The summed E-state index contributed by atoms with van der Waals surface area (Å²) in [5.41, 5.74) is 0.960. The van der Waals surface area contributed by atoms with Crippen LogP contribution in [0.4, 0.5) is 0 Å². The highest BCUT2D eigenvalue weighted by Crippen LogP contribution is 2.22. The summed E-state index contributed by atoms with van der Waals surface area (Å²) in [6.07, 6.45) is 1.02. The number of benzene rings is 1. The fourth-order valence-corrected chi connectivity index (χ4v) is 2.86. The number of halogens is 1. The quantitative estimate of drug-likeness (QED) is 0.900. The lowest BCUT2D eigenvalue weighted by Gasteiger charge is -2.30. The second-order valence-electron chi connectivity index (χ2n) is 5.19. The average Bonchev–Trinajstić information content (AvgIpc) is 2.46. The number of rotatable bonds is 4. The van der Waals surface area contributed by atoms with Crippen molar-refractivity contribution < 1.29 is 19.4 Å². The molecule has 0 unspecified atom stereocenters. The zero-order valence-corrected chi connectivity index (χ0v) is 13.4. The maximum absolute atomic E-state index is 12.1. The van der Waals surface area contributed by atoms with Gasteiger partial charge in [0, 0.05) is 17.6 Å². The lowest BCUT2D eigenvalue weighted by atomic mass is 9.97. The molecule has 0 atom stereocenters. The molecule has 21 heavy (non-hydrogen) atoms. The summed E-state index contributed by atoms with van der Waals surface area (Å²) in [7, 11) is 0. The van der Waals surface area contributed by atoms with Crippen molar-refractivity contribution in [3.05, 3.63) is 28.2 Å². The molecule has 1 amide bonds. The standard InChI is InChI=1S/C15H18BrNO4/c1-10-8-12(16)2-3-13(10)21-9-14(18)17-6-4-11(5-7-17)15(19)20/h2-3,8,11H,4-7,9H2,1H3,(H,19,20). The minimum absolute atomic E-state index is 0.0137. The van der Waals surface area contributed by atoms with Crippen molar-refractivity contribution in [2.45, 2.75) is 19.8 Å². The zero-order valence-electron chi connectivity index (χ0n) is 11.8. The number of carboxylic acids is 1. The Balaban J connectivity index is 1.84. The topological polar surface area (TPSA) is 66.8 Å². The van der Waals surface area contributed by atoms with Crippen LogP contribution in [0.3, 0.4) is 0 Å². The summed E-state index contributed by atoms with van der Waals surface area (Å²) >= 11 is 3.38. The van der Waals surface area contributed by atoms with Gasteiger partial charge in [0.25, 0.3) is 5.91 Å². The van der Waals surface area contributed by atoms with Crippen LogP contribution in [0.5, 0.6) is 5.75 Å². The highest BCUT2D eigenvalue weighted by molar-refractivity contribution is 9.10. The van der Waals surface area contributed by atoms with Gasteiger partial charge in [-0.3, -0.25) is 9.59 Å². The fraction of sp³-hybridized carbons (Fsp3) is 0.467. The number of carboxylic acid groups (broad SMARTS) is 1. The first kappa shape index (κ1) is 15.8. The zero-order chi connectivity index (χ0) is 15.4. The molecule has 1 heterocycles. The van der Waals surface area contributed by atoms with Crippen LogP contribution in [-0.2, 0) is 9.59 Å². The molecule has 114 valence electrons. The smallest absolute Gasteiger partial charge is 0.306 e. The number of carbonyl (C=O) groups excluding carboxylic acids is 1. The Hall–Kier alpha value is -1.56. The molecule has 0 radical (unpaired) electrons. The molecule has 0 aromatic heterocycles. The molecule has 1 aliphatic rings. The Morgan fingerprint density at radius 1 is 1.38 bits per heavy atom. The van der Waals surface area contributed by atoms with Crippen molar-refractivity contribution in [2.75, 3.05) is 19.7 Å². The summed E-state index contributed by atoms with van der Waals surface area (Å²) in [5.74, 6) is -0.513. The molecule has 0 saturated carbocycles. The van der Waals surface area contributed by atoms with Crippen LogP contribution in [0, 0.1) is 12.8 Å². The molecule has 0 bridgehead atoms. The van der Waals surface area contributed by atoms with Gasteiger partial charge in [-0.2, -0.15) is 0 Å². The number of amides is 1. The number of nitrogens with zero attached hydrogens (tertiary/aromatic N) is 1. The summed E-state index contributed by atoms with van der Waals surface area (Å²) in [4.78, 5) is 24.6. The van der Waals surface area contributed by atoms with Crippen molar-refractivity contribution in [1.29, 1.82) is 0 Å². The molecule has 2 rings (SSSR count). The van der Waals surface area contributed by atoms with E-state index in [-0.39, 0.29) is 18.4 Å². The first-order chi connectivity index (χ1) is 9.97. The van der Waals surface area contributed by atoms with E-state index in [0.29, 0.717) is 31.7 Å². The summed E-state index contributed by atoms with van der Waals surface area (Å²) in [6.45, 7) is 2.88. The molecular formula is C15H18BrNO4. The Kier molecular flexibility index (Phi) is 5.22. The Bertz CT molecular complexity index is 538. The highest BCUT2D eigenvalue weighted by atomic mass is 79.9. The lowest BCUT2D eigenvalue weighted by Crippen LogP contribution is -2.42. The van der Waals surface area contributed by atoms with Crippen LogP contribution in [0.25, 0.3) is 0 Å². The van der Waals surface area contributed by atoms with Crippen molar-refractivity contribution in [3.63, 3.8) is 0 Å². The van der Waals surface area contributed by atoms with Gasteiger partial charge in [0.05, 0.1) is 5.92 Å². The normalized spacial score (nSPS) is 15.8. The Morgan fingerprint density at radius 2 is 2.05 bits per heavy atom. The van der Waals surface area contributed by atoms with Gasteiger partial charge < -0.3 is 14.7 Å². The number of likely N-dealkylation sites (tertiary alicyclic amines) is 1. The number of piperidine rings is 1. The van der Waals surface area contributed by atoms with Crippen molar-refractivity contribution in [1.82, 2.24) is 4.90 Å². The minimum atomic E-state index is -0.774. The van der Waals surface area contributed by atoms with Gasteiger partial charge >= 0.3 is 5.97 Å². The molecule has 1 aromatic rings. The third-order valence-electron chi connectivity index (χ3n) is 3.69. The fourth-order valence-electron chi connectivity index (χ4n) is 2.38. The number of ether oxygens (including phenoxy) is 1. The van der Waals surface area contributed by atoms with E-state index in [1.807, 2.05) is 25.1 Å². The van der Waals surface area contributed by atoms with E-state index in [4.69, 9.17) is 9.84 Å². The molecular weight excluding hydrogens is 338 g/mol. The third kappa shape index (κ3) is 4.20. The van der Waals surface area contributed by atoms with Crippen LogP contribution in [0.2, 0.25) is 0 Å². The summed E-state index contributed by atoms with van der Waals surface area (Å²) in [6, 6.07) is 5.62. The van der Waals surface area contributed by atoms with Crippen LogP contribution in [-0.4, -0.2) is 41.6 Å². The van der Waals surface area contributed by atoms with E-state index < -0.39 is 5.97 Å². The Labute approximate surface area is 132 Å². The van der Waals surface area contributed by atoms with Gasteiger partial charge in [-0.05, 0) is 43.5 Å². The predicted molar refractivity (Wildman–Crippen MR) is 81.3 cm³/mol. The van der Waals surface area contributed by atoms with Crippen LogP contribution in [0.1, 0.15) is 18.4 Å². The minimum Gasteiger partial charge on any atom is -0.483 e. The second kappa shape index (κ2) is 6.93. The number of carbonyl (C=O) groups is 2. The van der Waals surface area contributed by atoms with E-state index in [2.05, 4.69) is 15.9 Å². The van der Waals surface area contributed by atoms with Gasteiger partial charge in [-0.1, -0.05) is 15.9 Å². The lowest BCUT2D eigenvalue weighted by molar-refractivity contribution is -0.146. The van der Waals surface area contributed by atoms with Crippen LogP contribution < -0.4 is 4.74 Å². The molecule has 0 aliphatic carbocycles. The predicted octanol–water partition coefficient (Wildman–Crippen LogP) is 2.46. The molecule has 1 fully saturated rings. The monoisotopic (exact) mass is 355 g/mol. The average molecular weight is 356 g/mol. The SMILES string of the molecule is Cc1cc(Br)ccc1OCC(=O)N1CCC(C(=O)O)CC1. The van der Waals surface area contributed by atoms with Gasteiger partial charge in [-0.25, -0.2) is 0 Å². The third-order valence-corrected chi connectivity index (χ3v) is 4.18. The van der Waals surface area contributed by atoms with Crippen molar-refractivity contribution in [3.8, 4) is 5.75 Å². The highest BCUT2D eigenvalue weighted by Gasteiger charge is 2.27. The van der Waals surface area contributed by atoms with Gasteiger partial charge in [0.15, 0.2) is 6.61 Å². The number of aliphatic carboxylic acids is 1. The van der Waals surface area contributed by atoms with E-state index in [9.17, 15) is 9.59 Å². The Morgan fingerprint density at radius 3 is 2.62 bits per heavy atom. The van der Waals surface area contributed by atoms with Crippen molar-refractivity contribution >= 4 is 27.8 Å². The largest absolute Gasteiger partial charge is 0.483 e. The first-order valence-electron chi connectivity index (χ1n) is 6.87. The van der Waals surface area contributed by atoms with Gasteiger partial charge in [-0.15, -0.1) is 0 Å². The maximum Gasteiger partial charge on any atom is 0.306 e. The summed E-state index contributed by atoms with van der Waals surface area (Å²) < 4.78 is 6.52. The number of aryl methyl sites for hydroxylation is 1. The van der Waals surface area contributed by atoms with Crippen LogP contribution >= 0.6 is 15.9 Å². The maximum atomic E-state index is 12.1. The van der Waals surface area contributed by atoms with Crippen LogP contribution in [0.15, 0.2) is 22.7 Å². The second-order valence-corrected chi connectivity index (χ2v) is 6.11. The van der Waals surface area contributed by atoms with E-state index in [1.165, 1.54) is 0 Å². The summed E-state index contributed by atoms with van der Waals surface area (Å²) in [5, 5.41) is 8.94. The molecule has 1 aromatic carbocycles. The molecule has 1 saturated heterocycles. The van der Waals surface area contributed by atoms with E-state index in [1.54, 1.807) is 4.90 Å². The van der Waals surface area contributed by atoms with Gasteiger partial charge in [0.1, 0.15) is 5.75 Å². The molecule has 1 aliphatic heterocycles. The van der Waals surface area contributed by atoms with Crippen molar-refractivity contribution in [2.24, 2.45) is 5.92 Å². The molecule has 1 N–H and O–H groups in total. The molecule has 6 heteroatoms. The van der Waals surface area contributed by atoms with E-state index >= 15 is 0 Å². The van der Waals surface area contributed by atoms with Gasteiger partial charge in [0.2, 0.25) is 0 Å². The number of hydrogen-bond donors (Lipinski definition) is 1. The van der Waals surface area contributed by atoms with E-state index in [0.717, 1.165) is 10.0 Å². The first-order valence-corrected chi connectivity index (χ1v) is 7.66. The molecule has 5 nitrogen and oxygen atoms in total. The molecule has 0 spiro atoms.